The maximum absolute atomic E-state index is 13.5. The van der Waals surface area contributed by atoms with Crippen LogP contribution in [0.15, 0.2) is 66.7 Å². The Morgan fingerprint density at radius 1 is 1.07 bits per heavy atom. The number of likely N-dealkylation sites (tertiary alicyclic amines) is 1. The van der Waals surface area contributed by atoms with Crippen LogP contribution in [0.3, 0.4) is 0 Å². The summed E-state index contributed by atoms with van der Waals surface area (Å²) in [6, 6.07) is 21.6. The van der Waals surface area contributed by atoms with Crippen LogP contribution in [0, 0.1) is 6.92 Å². The van der Waals surface area contributed by atoms with Crippen LogP contribution in [0.1, 0.15) is 47.1 Å². The average molecular weight is 575 g/mol. The fraction of sp³-hybridized carbons (Fsp3) is 0.455. The highest BCUT2D eigenvalue weighted by atomic mass is 32.2. The Kier molecular flexibility index (Phi) is 6.47. The van der Waals surface area contributed by atoms with Crippen molar-refractivity contribution < 1.29 is 23.0 Å². The number of hydrogen-bond donors (Lipinski definition) is 2. The summed E-state index contributed by atoms with van der Waals surface area (Å²) in [6.45, 7) is 3.62. The van der Waals surface area contributed by atoms with Crippen molar-refractivity contribution in [3.63, 3.8) is 0 Å². The molecule has 4 aliphatic rings. The Bertz CT molecular complexity index is 1580. The van der Waals surface area contributed by atoms with Gasteiger partial charge in [-0.05, 0) is 73.9 Å². The van der Waals surface area contributed by atoms with Crippen molar-refractivity contribution >= 4 is 10.0 Å². The van der Waals surface area contributed by atoms with E-state index in [-0.39, 0.29) is 11.8 Å². The Hall–Kier alpha value is -2.91. The van der Waals surface area contributed by atoms with Gasteiger partial charge < -0.3 is 14.6 Å². The fourth-order valence-electron chi connectivity index (χ4n) is 8.34. The molecular weight excluding hydrogens is 536 g/mol. The molecule has 8 heteroatoms. The first-order valence-corrected chi connectivity index (χ1v) is 16.3. The van der Waals surface area contributed by atoms with Crippen molar-refractivity contribution in [3.8, 4) is 11.5 Å². The average Bonchev–Trinajstić information content (AvgIpc) is 3.31. The molecule has 5 atom stereocenters. The second-order valence-electron chi connectivity index (χ2n) is 12.3. The van der Waals surface area contributed by atoms with Gasteiger partial charge in [-0.1, -0.05) is 60.7 Å². The first kappa shape index (κ1) is 27.0. The smallest absolute Gasteiger partial charge is 0.216 e. The second-order valence-corrected chi connectivity index (χ2v) is 14.0. The summed E-state index contributed by atoms with van der Waals surface area (Å²) in [5, 5.41) is 12.8. The minimum absolute atomic E-state index is 0.0672. The summed E-state index contributed by atoms with van der Waals surface area (Å²) in [7, 11) is -2.03. The molecule has 0 radical (unpaired) electrons. The lowest BCUT2D eigenvalue weighted by molar-refractivity contribution is -0.189. The van der Waals surface area contributed by atoms with Gasteiger partial charge in [0.2, 0.25) is 10.0 Å². The predicted molar refractivity (Wildman–Crippen MR) is 158 cm³/mol. The van der Waals surface area contributed by atoms with Gasteiger partial charge in [-0.2, -0.15) is 0 Å². The third-order valence-electron chi connectivity index (χ3n) is 10.2. The van der Waals surface area contributed by atoms with E-state index in [1.54, 1.807) is 7.11 Å². The Labute approximate surface area is 242 Å². The lowest BCUT2D eigenvalue weighted by Crippen LogP contribution is -2.78. The largest absolute Gasteiger partial charge is 0.493 e. The molecule has 2 aliphatic heterocycles. The number of methoxy groups -OCH3 is 1. The van der Waals surface area contributed by atoms with Gasteiger partial charge in [-0.3, -0.25) is 4.90 Å². The number of aryl methyl sites for hydroxylation is 1. The highest BCUT2D eigenvalue weighted by molar-refractivity contribution is 7.88. The molecule has 216 valence electrons. The van der Waals surface area contributed by atoms with E-state index in [0.717, 1.165) is 42.6 Å². The van der Waals surface area contributed by atoms with Crippen LogP contribution in [-0.4, -0.2) is 62.4 Å². The zero-order valence-electron chi connectivity index (χ0n) is 23.7. The maximum Gasteiger partial charge on any atom is 0.216 e. The van der Waals surface area contributed by atoms with Crippen LogP contribution in [0.4, 0.5) is 0 Å². The fourth-order valence-corrected chi connectivity index (χ4v) is 9.86. The summed E-state index contributed by atoms with van der Waals surface area (Å²) >= 11 is 0. The summed E-state index contributed by atoms with van der Waals surface area (Å²) in [6.07, 6.45) is 2.85. The molecule has 0 aromatic heterocycles. The van der Waals surface area contributed by atoms with Crippen molar-refractivity contribution in [1.29, 1.82) is 0 Å². The number of benzene rings is 3. The molecule has 41 heavy (non-hydrogen) atoms. The molecule has 2 fully saturated rings. The third kappa shape index (κ3) is 4.14. The van der Waals surface area contributed by atoms with Gasteiger partial charge >= 0.3 is 0 Å². The Morgan fingerprint density at radius 2 is 1.85 bits per heavy atom. The predicted octanol–water partition coefficient (Wildman–Crippen LogP) is 3.89. The van der Waals surface area contributed by atoms with E-state index in [9.17, 15) is 13.5 Å². The first-order valence-electron chi connectivity index (χ1n) is 14.7. The van der Waals surface area contributed by atoms with E-state index in [1.165, 1.54) is 11.1 Å². The van der Waals surface area contributed by atoms with Crippen LogP contribution in [0.5, 0.6) is 11.5 Å². The molecule has 7 nitrogen and oxygen atoms in total. The quantitative estimate of drug-likeness (QED) is 0.425. The van der Waals surface area contributed by atoms with E-state index < -0.39 is 33.2 Å². The van der Waals surface area contributed by atoms with E-state index in [2.05, 4.69) is 40.0 Å². The van der Waals surface area contributed by atoms with Crippen LogP contribution in [0.25, 0.3) is 0 Å². The molecule has 0 amide bonds. The van der Waals surface area contributed by atoms with Gasteiger partial charge in [-0.25, -0.2) is 13.1 Å². The van der Waals surface area contributed by atoms with Crippen molar-refractivity contribution in [2.75, 3.05) is 20.2 Å². The van der Waals surface area contributed by atoms with Crippen molar-refractivity contribution in [2.24, 2.45) is 0 Å². The Morgan fingerprint density at radius 3 is 2.63 bits per heavy atom. The lowest BCUT2D eigenvalue weighted by Gasteiger charge is -2.64. The van der Waals surface area contributed by atoms with E-state index >= 15 is 0 Å². The molecule has 2 N–H and O–H groups in total. The van der Waals surface area contributed by atoms with Crippen molar-refractivity contribution in [1.82, 2.24) is 9.62 Å². The maximum atomic E-state index is 13.5. The van der Waals surface area contributed by atoms with E-state index in [0.29, 0.717) is 30.8 Å². The summed E-state index contributed by atoms with van der Waals surface area (Å²) in [5.74, 6) is 1.23. The molecule has 1 saturated carbocycles. The van der Waals surface area contributed by atoms with Gasteiger partial charge in [0.15, 0.2) is 11.5 Å². The minimum Gasteiger partial charge on any atom is -0.493 e. The van der Waals surface area contributed by atoms with Crippen molar-refractivity contribution in [2.45, 2.75) is 74.0 Å². The molecule has 3 aromatic rings. The third-order valence-corrected chi connectivity index (χ3v) is 11.6. The van der Waals surface area contributed by atoms with Crippen LogP contribution < -0.4 is 14.2 Å². The second kappa shape index (κ2) is 9.83. The molecule has 1 spiro atoms. The summed E-state index contributed by atoms with van der Waals surface area (Å²) < 4.78 is 42.5. The number of piperidine rings is 1. The highest BCUT2D eigenvalue weighted by Crippen LogP contribution is 2.65. The normalized spacial score (nSPS) is 30.0. The van der Waals surface area contributed by atoms with Gasteiger partial charge in [0.25, 0.3) is 0 Å². The molecule has 2 bridgehead atoms. The van der Waals surface area contributed by atoms with Crippen LogP contribution in [0.2, 0.25) is 0 Å². The molecule has 3 aromatic carbocycles. The monoisotopic (exact) mass is 574 g/mol. The number of ether oxygens (including phenoxy) is 2. The molecule has 0 unspecified atom stereocenters. The molecule has 7 rings (SSSR count). The SMILES string of the molecule is COc1ccc2c3c1O[C@H]1[C@@H](NS(=O)(=O)Cc4ccccc4C)CC[C@@]4(O)[C@@H](C2)N(CCc2ccccc2)CC[C@]314. The zero-order chi connectivity index (χ0) is 28.4. The molecule has 2 aliphatic carbocycles. The van der Waals surface area contributed by atoms with Gasteiger partial charge in [0.05, 0.1) is 29.9 Å². The molecule has 2 heterocycles. The summed E-state index contributed by atoms with van der Waals surface area (Å²) in [4.78, 5) is 2.46. The number of nitrogens with zero attached hydrogens (tertiary/aromatic N) is 1. The standard InChI is InChI=1S/C33H38N2O5S/c1-22-8-6-7-11-25(22)21-41(37,38)34-26-14-16-33(36)28-20-24-12-13-27(39-2)30-29(24)32(33,31(26)40-30)17-19-35(28)18-15-23-9-4-3-5-10-23/h3-13,26,28,31,34,36H,14-21H2,1-2H3/t26-,28+,31-,32-,33+/m0/s1. The van der Waals surface area contributed by atoms with Crippen LogP contribution >= 0.6 is 0 Å². The minimum atomic E-state index is -3.66. The van der Waals surface area contributed by atoms with Crippen molar-refractivity contribution in [3.05, 3.63) is 94.5 Å². The van der Waals surface area contributed by atoms with Gasteiger partial charge in [0.1, 0.15) is 6.10 Å². The topological polar surface area (TPSA) is 88.1 Å². The van der Waals surface area contributed by atoms with Gasteiger partial charge in [-0.15, -0.1) is 0 Å². The number of sulfonamides is 1. The van der Waals surface area contributed by atoms with Gasteiger partial charge in [0, 0.05) is 18.2 Å². The first-order chi connectivity index (χ1) is 19.8. The zero-order valence-corrected chi connectivity index (χ0v) is 24.5. The molecular formula is C33H38N2O5S. The number of nitrogens with one attached hydrogen (secondary N) is 1. The summed E-state index contributed by atoms with van der Waals surface area (Å²) in [5.41, 5.74) is 3.50. The number of hydrogen-bond acceptors (Lipinski definition) is 6. The van der Waals surface area contributed by atoms with Crippen LogP contribution in [-0.2, 0) is 34.0 Å². The lowest BCUT2D eigenvalue weighted by atomic mass is 9.48. The number of aliphatic hydroxyl groups is 1. The van der Waals surface area contributed by atoms with E-state index in [4.69, 9.17) is 9.47 Å². The molecule has 1 saturated heterocycles. The number of rotatable bonds is 8. The van der Waals surface area contributed by atoms with E-state index in [1.807, 2.05) is 43.3 Å². The highest BCUT2D eigenvalue weighted by Gasteiger charge is 2.73. The Balaban J connectivity index is 1.24.